The number of fused-ring (bicyclic) bond motifs is 1. The Morgan fingerprint density at radius 2 is 1.75 bits per heavy atom. The third-order valence-electron chi connectivity index (χ3n) is 4.22. The molecular formula is C21H13ClN2O2S2. The number of thioether (sulfide) groups is 1. The molecule has 0 aromatic heterocycles. The van der Waals surface area contributed by atoms with E-state index in [2.05, 4.69) is 5.43 Å². The topological polar surface area (TPSA) is 49.4 Å². The molecule has 0 unspecified atom stereocenters. The molecule has 4 nitrogen and oxygen atoms in total. The highest BCUT2D eigenvalue weighted by Gasteiger charge is 2.33. The minimum atomic E-state index is -0.431. The molecule has 0 bridgehead atoms. The third-order valence-corrected chi connectivity index (χ3v) is 5.78. The Bertz CT molecular complexity index is 1140. The van der Waals surface area contributed by atoms with E-state index in [9.17, 15) is 9.59 Å². The van der Waals surface area contributed by atoms with Crippen LogP contribution in [0.4, 0.5) is 0 Å². The molecule has 1 aliphatic heterocycles. The summed E-state index contributed by atoms with van der Waals surface area (Å²) >= 11 is 12.3. The number of thiocarbonyl (C=S) groups is 1. The van der Waals surface area contributed by atoms with Crippen molar-refractivity contribution < 1.29 is 9.59 Å². The van der Waals surface area contributed by atoms with Crippen molar-refractivity contribution in [3.63, 3.8) is 0 Å². The van der Waals surface area contributed by atoms with Gasteiger partial charge in [-0.05, 0) is 58.9 Å². The minimum Gasteiger partial charge on any atom is -0.267 e. The number of nitrogens with zero attached hydrogens (tertiary/aromatic N) is 1. The lowest BCUT2D eigenvalue weighted by Gasteiger charge is -2.15. The molecule has 28 heavy (non-hydrogen) atoms. The second-order valence-corrected chi connectivity index (χ2v) is 8.15. The van der Waals surface area contributed by atoms with Crippen LogP contribution in [0.15, 0.2) is 71.6 Å². The summed E-state index contributed by atoms with van der Waals surface area (Å²) in [6.07, 6.45) is 1.80. The van der Waals surface area contributed by atoms with E-state index in [1.165, 1.54) is 0 Å². The summed E-state index contributed by atoms with van der Waals surface area (Å²) in [4.78, 5) is 25.7. The fourth-order valence-electron chi connectivity index (χ4n) is 2.85. The number of benzene rings is 3. The van der Waals surface area contributed by atoms with Crippen LogP contribution in [-0.4, -0.2) is 21.1 Å². The Morgan fingerprint density at radius 1 is 1.04 bits per heavy atom. The molecule has 1 fully saturated rings. The van der Waals surface area contributed by atoms with Crippen LogP contribution in [-0.2, 0) is 4.79 Å². The van der Waals surface area contributed by atoms with Gasteiger partial charge in [0.2, 0.25) is 0 Å². The molecule has 2 amide bonds. The van der Waals surface area contributed by atoms with Crippen molar-refractivity contribution in [1.29, 1.82) is 0 Å². The van der Waals surface area contributed by atoms with Crippen LogP contribution in [0.3, 0.4) is 0 Å². The fourth-order valence-corrected chi connectivity index (χ4v) is 4.15. The maximum Gasteiger partial charge on any atom is 0.285 e. The average molecular weight is 425 g/mol. The van der Waals surface area contributed by atoms with Gasteiger partial charge in [0.25, 0.3) is 11.8 Å². The van der Waals surface area contributed by atoms with Crippen molar-refractivity contribution in [1.82, 2.24) is 10.4 Å². The maximum absolute atomic E-state index is 12.8. The third kappa shape index (κ3) is 3.67. The van der Waals surface area contributed by atoms with Crippen molar-refractivity contribution in [2.45, 2.75) is 0 Å². The van der Waals surface area contributed by atoms with Crippen molar-refractivity contribution >= 4 is 68.6 Å². The Morgan fingerprint density at radius 3 is 2.54 bits per heavy atom. The number of nitrogens with one attached hydrogen (secondary N) is 1. The predicted molar refractivity (Wildman–Crippen MR) is 118 cm³/mol. The maximum atomic E-state index is 12.8. The van der Waals surface area contributed by atoms with Gasteiger partial charge in [0.1, 0.15) is 0 Å². The van der Waals surface area contributed by atoms with E-state index in [0.29, 0.717) is 15.5 Å². The zero-order valence-corrected chi connectivity index (χ0v) is 16.8. The zero-order chi connectivity index (χ0) is 19.7. The lowest BCUT2D eigenvalue weighted by atomic mass is 10.0. The van der Waals surface area contributed by atoms with Gasteiger partial charge in [-0.2, -0.15) is 5.01 Å². The van der Waals surface area contributed by atoms with E-state index in [-0.39, 0.29) is 10.2 Å². The molecular weight excluding hydrogens is 412 g/mol. The molecule has 1 saturated heterocycles. The Hall–Kier alpha value is -2.67. The van der Waals surface area contributed by atoms with E-state index in [4.69, 9.17) is 23.8 Å². The Labute approximate surface area is 176 Å². The lowest BCUT2D eigenvalue weighted by Crippen LogP contribution is -2.44. The van der Waals surface area contributed by atoms with Gasteiger partial charge in [0.15, 0.2) is 4.32 Å². The van der Waals surface area contributed by atoms with Gasteiger partial charge < -0.3 is 0 Å². The molecule has 0 atom stereocenters. The number of halogens is 1. The van der Waals surface area contributed by atoms with Crippen LogP contribution >= 0.6 is 35.6 Å². The first kappa shape index (κ1) is 18.7. The van der Waals surface area contributed by atoms with Gasteiger partial charge in [-0.15, -0.1) is 0 Å². The number of amides is 2. The van der Waals surface area contributed by atoms with Crippen LogP contribution in [0, 0.1) is 0 Å². The summed E-state index contributed by atoms with van der Waals surface area (Å²) in [7, 11) is 0. The Kier molecular flexibility index (Phi) is 5.17. The van der Waals surface area contributed by atoms with E-state index < -0.39 is 5.91 Å². The normalized spacial score (nSPS) is 15.5. The number of hydrazine groups is 1. The van der Waals surface area contributed by atoms with Crippen LogP contribution in [0.1, 0.15) is 15.9 Å². The van der Waals surface area contributed by atoms with E-state index in [1.54, 1.807) is 30.3 Å². The highest BCUT2D eigenvalue weighted by Crippen LogP contribution is 2.33. The summed E-state index contributed by atoms with van der Waals surface area (Å²) < 4.78 is 0.277. The molecule has 1 aliphatic rings. The van der Waals surface area contributed by atoms with E-state index >= 15 is 0 Å². The SMILES string of the molecule is O=C(NN1C(=O)/C(=C\c2cccc3ccccc23)SC1=S)c1ccc(Cl)cc1. The van der Waals surface area contributed by atoms with Crippen LogP contribution in [0.2, 0.25) is 5.02 Å². The van der Waals surface area contributed by atoms with Crippen molar-refractivity contribution in [3.8, 4) is 0 Å². The van der Waals surface area contributed by atoms with Crippen LogP contribution in [0.5, 0.6) is 0 Å². The molecule has 0 radical (unpaired) electrons. The summed E-state index contributed by atoms with van der Waals surface area (Å²) in [5.41, 5.74) is 3.87. The molecule has 7 heteroatoms. The predicted octanol–water partition coefficient (Wildman–Crippen LogP) is 5.04. The van der Waals surface area contributed by atoms with Gasteiger partial charge in [-0.1, -0.05) is 65.8 Å². The van der Waals surface area contributed by atoms with Gasteiger partial charge >= 0.3 is 0 Å². The first-order chi connectivity index (χ1) is 13.5. The molecule has 0 aliphatic carbocycles. The lowest BCUT2D eigenvalue weighted by molar-refractivity contribution is -0.123. The second-order valence-electron chi connectivity index (χ2n) is 6.03. The highest BCUT2D eigenvalue weighted by atomic mass is 35.5. The van der Waals surface area contributed by atoms with E-state index in [0.717, 1.165) is 33.1 Å². The molecule has 138 valence electrons. The smallest absolute Gasteiger partial charge is 0.267 e. The molecule has 0 saturated carbocycles. The summed E-state index contributed by atoms with van der Waals surface area (Å²) in [6.45, 7) is 0. The van der Waals surface area contributed by atoms with Gasteiger partial charge in [0, 0.05) is 10.6 Å². The number of hydrogen-bond acceptors (Lipinski definition) is 4. The largest absolute Gasteiger partial charge is 0.285 e. The second kappa shape index (κ2) is 7.75. The number of hydrogen-bond donors (Lipinski definition) is 1. The summed E-state index contributed by atoms with van der Waals surface area (Å²) in [5, 5.41) is 3.76. The quantitative estimate of drug-likeness (QED) is 0.472. The minimum absolute atomic E-state index is 0.277. The van der Waals surface area contributed by atoms with Crippen molar-refractivity contribution in [3.05, 3.63) is 87.8 Å². The molecule has 3 aromatic carbocycles. The molecule has 4 rings (SSSR count). The van der Waals surface area contributed by atoms with E-state index in [1.807, 2.05) is 42.5 Å². The monoisotopic (exact) mass is 424 g/mol. The van der Waals surface area contributed by atoms with Crippen molar-refractivity contribution in [2.24, 2.45) is 0 Å². The molecule has 1 heterocycles. The first-order valence-electron chi connectivity index (χ1n) is 8.35. The summed E-state index contributed by atoms with van der Waals surface area (Å²) in [6, 6.07) is 20.2. The average Bonchev–Trinajstić information content (AvgIpc) is 2.96. The zero-order valence-electron chi connectivity index (χ0n) is 14.4. The number of rotatable bonds is 3. The Balaban J connectivity index is 1.59. The van der Waals surface area contributed by atoms with Crippen molar-refractivity contribution in [2.75, 3.05) is 0 Å². The highest BCUT2D eigenvalue weighted by molar-refractivity contribution is 8.26. The van der Waals surface area contributed by atoms with Gasteiger partial charge in [-0.25, -0.2) is 0 Å². The standard InChI is InChI=1S/C21H13ClN2O2S2/c22-16-10-8-14(9-11-16)19(25)23-24-20(26)18(28-21(24)27)12-15-6-3-5-13-4-1-2-7-17(13)15/h1-12H,(H,23,25)/b18-12+. The molecule has 0 spiro atoms. The number of carbonyl (C=O) groups excluding carboxylic acids is 2. The van der Waals surface area contributed by atoms with Gasteiger partial charge in [0.05, 0.1) is 4.91 Å². The molecule has 1 N–H and O–H groups in total. The van der Waals surface area contributed by atoms with Crippen LogP contribution in [0.25, 0.3) is 16.8 Å². The molecule has 3 aromatic rings. The van der Waals surface area contributed by atoms with Gasteiger partial charge in [-0.3, -0.25) is 15.0 Å². The van der Waals surface area contributed by atoms with Crippen LogP contribution < -0.4 is 5.43 Å². The fraction of sp³-hybridized carbons (Fsp3) is 0. The summed E-state index contributed by atoms with van der Waals surface area (Å²) in [5.74, 6) is -0.787. The first-order valence-corrected chi connectivity index (χ1v) is 9.95. The number of carbonyl (C=O) groups is 2.